The Labute approximate surface area is 277 Å². The number of H-pyrrole nitrogens is 1. The molecule has 1 aliphatic carbocycles. The van der Waals surface area contributed by atoms with Crippen LogP contribution in [0.15, 0.2) is 18.3 Å². The van der Waals surface area contributed by atoms with E-state index in [2.05, 4.69) is 25.5 Å². The molecule has 2 saturated heterocycles. The van der Waals surface area contributed by atoms with Crippen LogP contribution in [0.5, 0.6) is 6.01 Å². The van der Waals surface area contributed by atoms with E-state index in [0.717, 1.165) is 25.1 Å². The van der Waals surface area contributed by atoms with Gasteiger partial charge in [0.2, 0.25) is 0 Å². The van der Waals surface area contributed by atoms with E-state index < -0.39 is 70.4 Å². The van der Waals surface area contributed by atoms with E-state index in [0.29, 0.717) is 26.2 Å². The maximum atomic E-state index is 16.9. The van der Waals surface area contributed by atoms with E-state index in [9.17, 15) is 22.0 Å². The van der Waals surface area contributed by atoms with Gasteiger partial charge in [-0.25, -0.2) is 17.6 Å². The topological polar surface area (TPSA) is 91.4 Å². The molecule has 0 unspecified atom stereocenters. The van der Waals surface area contributed by atoms with Gasteiger partial charge in [0.15, 0.2) is 5.82 Å². The average molecular weight is 696 g/mol. The van der Waals surface area contributed by atoms with Crippen molar-refractivity contribution in [1.29, 1.82) is 0 Å². The lowest BCUT2D eigenvalue weighted by atomic mass is 9.90. The summed E-state index contributed by atoms with van der Waals surface area (Å²) in [5.41, 5.74) is -5.39. The number of aromatic nitrogens is 4. The van der Waals surface area contributed by atoms with Gasteiger partial charge in [-0.15, -0.1) is 0 Å². The number of hydrogen-bond acceptors (Lipinski definition) is 8. The molecule has 49 heavy (non-hydrogen) atoms. The Kier molecular flexibility index (Phi) is 8.02. The maximum absolute atomic E-state index is 16.9. The van der Waals surface area contributed by atoms with Crippen LogP contribution in [0.3, 0.4) is 0 Å². The molecule has 0 radical (unpaired) electrons. The minimum absolute atomic E-state index is 0.0282. The van der Waals surface area contributed by atoms with E-state index in [1.807, 2.05) is 11.8 Å². The normalized spacial score (nSPS) is 24.8. The molecule has 3 aliphatic rings. The summed E-state index contributed by atoms with van der Waals surface area (Å²) >= 11 is 0. The van der Waals surface area contributed by atoms with Crippen molar-refractivity contribution in [1.82, 2.24) is 30.4 Å². The van der Waals surface area contributed by atoms with Gasteiger partial charge in [-0.05, 0) is 51.4 Å². The van der Waals surface area contributed by atoms with Crippen LogP contribution in [0, 0.1) is 24.0 Å². The highest BCUT2D eigenvalue weighted by Crippen LogP contribution is 2.61. The summed E-state index contributed by atoms with van der Waals surface area (Å²) in [7, 11) is 3.19. The first-order valence-electron chi connectivity index (χ1n) is 16.0. The lowest BCUT2D eigenvalue weighted by molar-refractivity contribution is -0.137. The quantitative estimate of drug-likeness (QED) is 0.193. The minimum Gasteiger partial charge on any atom is -0.463 e. The number of nitrogens with one attached hydrogen (secondary N) is 2. The number of aryl methyl sites for hydroxylation is 1. The molecule has 0 spiro atoms. The Morgan fingerprint density at radius 2 is 1.88 bits per heavy atom. The summed E-state index contributed by atoms with van der Waals surface area (Å²) in [6.45, 7) is 4.24. The van der Waals surface area contributed by atoms with Crippen molar-refractivity contribution < 1.29 is 40.2 Å². The van der Waals surface area contributed by atoms with Crippen LogP contribution in [-0.2, 0) is 10.9 Å². The number of halogens is 7. The van der Waals surface area contributed by atoms with E-state index in [1.165, 1.54) is 20.1 Å². The second-order valence-corrected chi connectivity index (χ2v) is 14.0. The van der Waals surface area contributed by atoms with Crippen molar-refractivity contribution in [2.75, 3.05) is 58.5 Å². The van der Waals surface area contributed by atoms with Gasteiger partial charge in [0, 0.05) is 67.6 Å². The van der Waals surface area contributed by atoms with Crippen LogP contribution in [0.25, 0.3) is 32.9 Å². The Balaban J connectivity index is 1.38. The molecule has 0 amide bonds. The van der Waals surface area contributed by atoms with Crippen LogP contribution < -0.4 is 15.0 Å². The number of methoxy groups -OCH3 is 1. The van der Waals surface area contributed by atoms with Crippen molar-refractivity contribution in [2.24, 2.45) is 5.41 Å². The Morgan fingerprint density at radius 3 is 2.55 bits per heavy atom. The standard InChI is InChI=1S/C33H36F7N7O2/c1-17-9-22-20(11-41-45-22)23(25(17)33(38,39)40)24-21(34)10-19-27(26(24)35)42-29(43-28(19)47-12-18-5-6-30(2,14-47)44-18)49-16-31(13-32(31,36)37)15-46(3)7-8-48-4/h9-11,18,44H,5-8,12-16H2,1-4H3,(H,41,45)/t18-,30+,31-/m1/s1. The number of nitrogens with zero attached hydrogens (tertiary/aromatic N) is 5. The maximum Gasteiger partial charge on any atom is 0.417 e. The molecule has 4 heterocycles. The zero-order chi connectivity index (χ0) is 35.1. The minimum atomic E-state index is -4.97. The van der Waals surface area contributed by atoms with E-state index in [1.54, 1.807) is 11.9 Å². The zero-order valence-electron chi connectivity index (χ0n) is 27.4. The molecular weight excluding hydrogens is 659 g/mol. The molecule has 2 aliphatic heterocycles. The van der Waals surface area contributed by atoms with Crippen molar-refractivity contribution in [3.05, 3.63) is 41.1 Å². The van der Waals surface area contributed by atoms with Gasteiger partial charge in [-0.2, -0.15) is 28.2 Å². The zero-order valence-corrected chi connectivity index (χ0v) is 27.4. The van der Waals surface area contributed by atoms with Gasteiger partial charge >= 0.3 is 12.2 Å². The number of alkyl halides is 5. The Morgan fingerprint density at radius 1 is 1.12 bits per heavy atom. The van der Waals surface area contributed by atoms with Gasteiger partial charge in [0.25, 0.3) is 5.92 Å². The molecule has 9 nitrogen and oxygen atoms in total. The predicted molar refractivity (Wildman–Crippen MR) is 168 cm³/mol. The summed E-state index contributed by atoms with van der Waals surface area (Å²) in [4.78, 5) is 12.3. The first kappa shape index (κ1) is 33.7. The molecule has 264 valence electrons. The molecule has 2 aromatic heterocycles. The lowest BCUT2D eigenvalue weighted by Gasteiger charge is -2.40. The fourth-order valence-electron chi connectivity index (χ4n) is 7.65. The molecule has 2 N–H and O–H groups in total. The Hall–Kier alpha value is -3.76. The second kappa shape index (κ2) is 11.7. The third kappa shape index (κ3) is 5.84. The van der Waals surface area contributed by atoms with Gasteiger partial charge < -0.3 is 24.6 Å². The van der Waals surface area contributed by atoms with Crippen LogP contribution in [0.4, 0.5) is 36.6 Å². The fourth-order valence-corrected chi connectivity index (χ4v) is 7.65. The van der Waals surface area contributed by atoms with E-state index in [-0.39, 0.29) is 45.8 Å². The number of benzene rings is 2. The molecule has 3 atom stereocenters. The van der Waals surface area contributed by atoms with Gasteiger partial charge in [-0.1, -0.05) is 0 Å². The van der Waals surface area contributed by atoms with E-state index >= 15 is 8.78 Å². The summed E-state index contributed by atoms with van der Waals surface area (Å²) in [5.74, 6) is -5.55. The number of hydrogen-bond donors (Lipinski definition) is 2. The highest BCUT2D eigenvalue weighted by atomic mass is 19.4. The third-order valence-corrected chi connectivity index (χ3v) is 10.1. The number of ether oxygens (including phenoxy) is 2. The molecule has 16 heteroatoms. The average Bonchev–Trinajstić information content (AvgIpc) is 3.27. The molecular formula is C33H36F7N7O2. The number of aromatic amines is 1. The third-order valence-electron chi connectivity index (χ3n) is 10.1. The number of likely N-dealkylation sites (N-methyl/N-ethyl adjacent to an activating group) is 1. The molecule has 7 rings (SSSR count). The van der Waals surface area contributed by atoms with E-state index in [4.69, 9.17) is 9.47 Å². The van der Waals surface area contributed by atoms with Crippen molar-refractivity contribution in [3.63, 3.8) is 0 Å². The van der Waals surface area contributed by atoms with Gasteiger partial charge in [0.05, 0.1) is 34.9 Å². The van der Waals surface area contributed by atoms with Crippen LogP contribution in [0.1, 0.15) is 37.3 Å². The first-order chi connectivity index (χ1) is 23.0. The smallest absolute Gasteiger partial charge is 0.417 e. The molecule has 2 aromatic carbocycles. The summed E-state index contributed by atoms with van der Waals surface area (Å²) in [5, 5.41) is 9.73. The predicted octanol–water partition coefficient (Wildman–Crippen LogP) is 6.09. The van der Waals surface area contributed by atoms with Crippen LogP contribution in [-0.4, -0.2) is 96.1 Å². The highest BCUT2D eigenvalue weighted by molar-refractivity contribution is 6.01. The fraction of sp³-hybridized carbons (Fsp3) is 0.545. The largest absolute Gasteiger partial charge is 0.463 e. The number of fused-ring (bicyclic) bond motifs is 4. The SMILES string of the molecule is COCCN(C)C[C@@]1(COc2nc(N3C[C@H]4CC[C@@](C)(C3)N4)c3cc(F)c(-c4c(C(F)(F)F)c(C)cc5[nH]ncc45)c(F)c3n2)CC1(F)F. The van der Waals surface area contributed by atoms with Crippen molar-refractivity contribution in [2.45, 2.75) is 56.8 Å². The second-order valence-electron chi connectivity index (χ2n) is 14.0. The number of rotatable bonds is 10. The molecule has 4 aromatic rings. The lowest BCUT2D eigenvalue weighted by Crippen LogP contribution is -2.58. The molecule has 2 bridgehead atoms. The van der Waals surface area contributed by atoms with Crippen molar-refractivity contribution >= 4 is 27.6 Å². The Bertz CT molecular complexity index is 1940. The molecule has 3 fully saturated rings. The van der Waals surface area contributed by atoms with Gasteiger partial charge in [-0.3, -0.25) is 5.10 Å². The number of piperazine rings is 1. The summed E-state index contributed by atoms with van der Waals surface area (Å²) < 4.78 is 117. The highest BCUT2D eigenvalue weighted by Gasteiger charge is 2.71. The summed E-state index contributed by atoms with van der Waals surface area (Å²) in [6.07, 6.45) is -2.64. The van der Waals surface area contributed by atoms with Crippen molar-refractivity contribution in [3.8, 4) is 17.1 Å². The van der Waals surface area contributed by atoms with Crippen LogP contribution in [0.2, 0.25) is 0 Å². The summed E-state index contributed by atoms with van der Waals surface area (Å²) in [6, 6.07) is 1.77. The number of anilines is 1. The monoisotopic (exact) mass is 695 g/mol. The first-order valence-corrected chi connectivity index (χ1v) is 16.0. The molecule has 1 saturated carbocycles. The van der Waals surface area contributed by atoms with Crippen LogP contribution >= 0.6 is 0 Å². The van der Waals surface area contributed by atoms with Gasteiger partial charge in [0.1, 0.15) is 23.8 Å².